The molecular formula is C17H17N5O4S. The summed E-state index contributed by atoms with van der Waals surface area (Å²) in [6, 6.07) is 7.18. The average Bonchev–Trinajstić information content (AvgIpc) is 2.89. The van der Waals surface area contributed by atoms with Gasteiger partial charge >= 0.3 is 0 Å². The molecule has 140 valence electrons. The highest BCUT2D eigenvalue weighted by Gasteiger charge is 2.31. The van der Waals surface area contributed by atoms with Gasteiger partial charge in [-0.1, -0.05) is 18.2 Å². The number of methoxy groups -OCH3 is 1. The molecule has 1 amide bonds. The predicted octanol–water partition coefficient (Wildman–Crippen LogP) is 1.06. The first-order valence-corrected chi connectivity index (χ1v) is 8.40. The fourth-order valence-electron chi connectivity index (χ4n) is 2.67. The average molecular weight is 387 g/mol. The number of amides is 1. The third kappa shape index (κ3) is 3.44. The Kier molecular flexibility index (Phi) is 5.28. The van der Waals surface area contributed by atoms with Crippen LogP contribution >= 0.6 is 12.2 Å². The minimum absolute atomic E-state index is 0.0690. The lowest BCUT2D eigenvalue weighted by Gasteiger charge is -2.09. The van der Waals surface area contributed by atoms with Crippen LogP contribution in [-0.2, 0) is 16.1 Å². The summed E-state index contributed by atoms with van der Waals surface area (Å²) in [5.74, 6) is -0.650. The topological polar surface area (TPSA) is 112 Å². The van der Waals surface area contributed by atoms with E-state index in [-0.39, 0.29) is 34.4 Å². The lowest BCUT2D eigenvalue weighted by molar-refractivity contribution is -0.111. The third-order valence-corrected chi connectivity index (χ3v) is 4.42. The summed E-state index contributed by atoms with van der Waals surface area (Å²) in [5, 5.41) is 18.1. The van der Waals surface area contributed by atoms with Crippen molar-refractivity contribution in [3.63, 3.8) is 0 Å². The molecule has 1 aromatic carbocycles. The van der Waals surface area contributed by atoms with Gasteiger partial charge in [0.05, 0.1) is 25.1 Å². The number of likely N-dealkylation sites (N-methyl/N-ethyl adjacent to an activating group) is 1. The zero-order valence-corrected chi connectivity index (χ0v) is 15.5. The third-order valence-electron chi connectivity index (χ3n) is 4.10. The molecule has 1 aromatic heterocycles. The van der Waals surface area contributed by atoms with E-state index in [0.29, 0.717) is 12.2 Å². The second-order valence-corrected chi connectivity index (χ2v) is 6.10. The van der Waals surface area contributed by atoms with Gasteiger partial charge in [0.2, 0.25) is 5.88 Å². The molecule has 3 rings (SSSR count). The van der Waals surface area contributed by atoms with E-state index in [4.69, 9.17) is 17.0 Å². The van der Waals surface area contributed by atoms with Crippen LogP contribution in [0.25, 0.3) is 0 Å². The number of nitrogens with one attached hydrogen (secondary N) is 1. The Morgan fingerprint density at radius 1 is 1.33 bits per heavy atom. The summed E-state index contributed by atoms with van der Waals surface area (Å²) < 4.78 is 6.35. The van der Waals surface area contributed by atoms with Crippen LogP contribution in [0.2, 0.25) is 0 Å². The first-order chi connectivity index (χ1) is 13.0. The zero-order valence-electron chi connectivity index (χ0n) is 14.7. The van der Waals surface area contributed by atoms with Crippen molar-refractivity contribution < 1.29 is 14.6 Å². The molecule has 0 saturated heterocycles. The van der Waals surface area contributed by atoms with Crippen LogP contribution in [0, 0.1) is 4.77 Å². The highest BCUT2D eigenvalue weighted by Crippen LogP contribution is 2.27. The van der Waals surface area contributed by atoms with Crippen LogP contribution < -0.4 is 10.5 Å². The number of hydrogen-bond acceptors (Lipinski definition) is 7. The molecule has 0 aliphatic carbocycles. The number of fused-ring (bicyclic) bond motifs is 1. The van der Waals surface area contributed by atoms with Gasteiger partial charge in [0.15, 0.2) is 10.5 Å². The van der Waals surface area contributed by atoms with Crippen LogP contribution in [0.4, 0.5) is 5.69 Å². The molecule has 9 nitrogen and oxygen atoms in total. The Hall–Kier alpha value is -3.11. The lowest BCUT2D eigenvalue weighted by atomic mass is 10.1. The number of rotatable bonds is 5. The summed E-state index contributed by atoms with van der Waals surface area (Å²) in [7, 11) is 3.16. The molecule has 27 heavy (non-hydrogen) atoms. The van der Waals surface area contributed by atoms with Crippen molar-refractivity contribution in [2.24, 2.45) is 10.2 Å². The fraction of sp³-hybridized carbons (Fsp3) is 0.235. The summed E-state index contributed by atoms with van der Waals surface area (Å²) in [5.41, 5.74) is 0.815. The number of aromatic hydroxyl groups is 1. The standard InChI is InChI=1S/C17H17N5O4S/c1-21-12-6-4-3-5-10(12)13(16(21)25)20-18-9-11-14(23)19-17(27)22(15(11)24)7-8-26-2/h3-6,9,24H,7-8H2,1-2H3,(H,19,23,27)/b18-9-,20-13+. The smallest absolute Gasteiger partial charge is 0.279 e. The van der Waals surface area contributed by atoms with Crippen molar-refractivity contribution in [3.05, 3.63) is 50.5 Å². The molecule has 0 fully saturated rings. The molecule has 0 spiro atoms. The maximum absolute atomic E-state index is 12.3. The summed E-state index contributed by atoms with van der Waals surface area (Å²) in [4.78, 5) is 28.3. The van der Waals surface area contributed by atoms with Gasteiger partial charge in [-0.2, -0.15) is 5.10 Å². The fourth-order valence-corrected chi connectivity index (χ4v) is 2.94. The van der Waals surface area contributed by atoms with Crippen LogP contribution in [0.1, 0.15) is 11.1 Å². The monoisotopic (exact) mass is 387 g/mol. The van der Waals surface area contributed by atoms with Crippen molar-refractivity contribution in [1.29, 1.82) is 0 Å². The molecule has 0 bridgehead atoms. The molecule has 0 atom stereocenters. The molecule has 0 saturated carbocycles. The number of carbonyl (C=O) groups excluding carboxylic acids is 1. The molecule has 2 aromatic rings. The number of carbonyl (C=O) groups is 1. The van der Waals surface area contributed by atoms with Crippen LogP contribution in [0.15, 0.2) is 39.3 Å². The number of ether oxygens (including phenoxy) is 1. The van der Waals surface area contributed by atoms with E-state index < -0.39 is 5.56 Å². The number of nitrogens with zero attached hydrogens (tertiary/aromatic N) is 4. The number of para-hydroxylation sites is 1. The van der Waals surface area contributed by atoms with Crippen LogP contribution in [0.3, 0.4) is 0 Å². The number of anilines is 1. The molecule has 1 aliphatic rings. The number of benzene rings is 1. The van der Waals surface area contributed by atoms with Gasteiger partial charge in [-0.05, 0) is 18.3 Å². The normalized spacial score (nSPS) is 15.1. The lowest BCUT2D eigenvalue weighted by Crippen LogP contribution is -2.25. The quantitative estimate of drug-likeness (QED) is 0.453. The molecule has 0 unspecified atom stereocenters. The minimum atomic E-state index is -0.606. The van der Waals surface area contributed by atoms with Gasteiger partial charge in [0.25, 0.3) is 11.5 Å². The summed E-state index contributed by atoms with van der Waals surface area (Å²) in [6.07, 6.45) is 1.09. The SMILES string of the molecule is COCCn1c(O)c(/C=N\N=C2\C(=O)N(C)c3ccccc32)c(=O)[nH]c1=S. The Labute approximate surface area is 159 Å². The van der Waals surface area contributed by atoms with E-state index in [1.165, 1.54) is 16.6 Å². The van der Waals surface area contributed by atoms with Crippen molar-refractivity contribution in [2.45, 2.75) is 6.54 Å². The predicted molar refractivity (Wildman–Crippen MR) is 103 cm³/mol. The van der Waals surface area contributed by atoms with Crippen molar-refractivity contribution >= 4 is 35.7 Å². The molecule has 0 radical (unpaired) electrons. The van der Waals surface area contributed by atoms with Crippen molar-refractivity contribution in [3.8, 4) is 5.88 Å². The Morgan fingerprint density at radius 2 is 2.07 bits per heavy atom. The second kappa shape index (κ2) is 7.64. The van der Waals surface area contributed by atoms with E-state index in [1.807, 2.05) is 6.07 Å². The van der Waals surface area contributed by atoms with E-state index >= 15 is 0 Å². The summed E-state index contributed by atoms with van der Waals surface area (Å²) >= 11 is 5.04. The first-order valence-electron chi connectivity index (χ1n) is 7.99. The Balaban J connectivity index is 1.98. The highest BCUT2D eigenvalue weighted by molar-refractivity contribution is 7.71. The van der Waals surface area contributed by atoms with Crippen molar-refractivity contribution in [2.75, 3.05) is 25.7 Å². The van der Waals surface area contributed by atoms with Crippen LogP contribution in [0.5, 0.6) is 5.88 Å². The molecule has 1 aliphatic heterocycles. The maximum atomic E-state index is 12.3. The van der Waals surface area contributed by atoms with Gasteiger partial charge in [-0.25, -0.2) is 0 Å². The van der Waals surface area contributed by atoms with Gasteiger partial charge in [0.1, 0.15) is 5.56 Å². The largest absolute Gasteiger partial charge is 0.494 e. The van der Waals surface area contributed by atoms with Crippen molar-refractivity contribution in [1.82, 2.24) is 9.55 Å². The highest BCUT2D eigenvalue weighted by atomic mass is 32.1. The van der Waals surface area contributed by atoms with E-state index in [2.05, 4.69) is 15.2 Å². The minimum Gasteiger partial charge on any atom is -0.494 e. The molecule has 2 heterocycles. The van der Waals surface area contributed by atoms with Crippen LogP contribution in [-0.4, -0.2) is 53.3 Å². The first kappa shape index (κ1) is 18.7. The van der Waals surface area contributed by atoms with Gasteiger partial charge in [0, 0.05) is 19.7 Å². The second-order valence-electron chi connectivity index (χ2n) is 5.72. The number of aromatic amines is 1. The molecule has 10 heteroatoms. The Morgan fingerprint density at radius 3 is 2.81 bits per heavy atom. The van der Waals surface area contributed by atoms with E-state index in [0.717, 1.165) is 11.9 Å². The number of H-pyrrole nitrogens is 1. The molecular weight excluding hydrogens is 370 g/mol. The maximum Gasteiger partial charge on any atom is 0.279 e. The van der Waals surface area contributed by atoms with E-state index in [9.17, 15) is 14.7 Å². The van der Waals surface area contributed by atoms with Gasteiger partial charge in [-0.15, -0.1) is 5.10 Å². The Bertz CT molecular complexity index is 1070. The summed E-state index contributed by atoms with van der Waals surface area (Å²) in [6.45, 7) is 0.550. The number of hydrogen-bond donors (Lipinski definition) is 2. The molecule has 2 N–H and O–H groups in total. The van der Waals surface area contributed by atoms with Gasteiger partial charge in [-0.3, -0.25) is 19.1 Å². The zero-order chi connectivity index (χ0) is 19.6. The van der Waals surface area contributed by atoms with Gasteiger partial charge < -0.3 is 14.7 Å². The number of aromatic nitrogens is 2. The van der Waals surface area contributed by atoms with E-state index in [1.54, 1.807) is 25.2 Å².